The van der Waals surface area contributed by atoms with Gasteiger partial charge in [-0.05, 0) is 30.3 Å². The second-order valence-corrected chi connectivity index (χ2v) is 4.65. The molecule has 9 heteroatoms. The zero-order valence-corrected chi connectivity index (χ0v) is 11.9. The van der Waals surface area contributed by atoms with Crippen LogP contribution in [0.5, 0.6) is 17.2 Å². The number of phenols is 3. The second kappa shape index (κ2) is 6.49. The molecule has 0 unspecified atom stereocenters. The summed E-state index contributed by atoms with van der Waals surface area (Å²) in [5.41, 5.74) is 0.754. The van der Waals surface area contributed by atoms with Gasteiger partial charge in [0.15, 0.2) is 11.5 Å². The van der Waals surface area contributed by atoms with Gasteiger partial charge in [0, 0.05) is 11.1 Å². The second-order valence-electron chi connectivity index (χ2n) is 4.65. The van der Waals surface area contributed by atoms with E-state index in [2.05, 4.69) is 5.10 Å². The van der Waals surface area contributed by atoms with Crippen molar-refractivity contribution in [2.75, 3.05) is 0 Å². The van der Waals surface area contributed by atoms with Crippen molar-refractivity contribution in [1.82, 2.24) is 5.43 Å². The lowest BCUT2D eigenvalue weighted by atomic mass is 10.1. The van der Waals surface area contributed by atoms with Gasteiger partial charge in [-0.2, -0.15) is 18.3 Å². The van der Waals surface area contributed by atoms with Crippen molar-refractivity contribution in [3.8, 4) is 17.2 Å². The molecule has 0 saturated carbocycles. The van der Waals surface area contributed by atoms with Crippen molar-refractivity contribution in [3.63, 3.8) is 0 Å². The van der Waals surface area contributed by atoms with Gasteiger partial charge in [0.25, 0.3) is 5.91 Å². The van der Waals surface area contributed by atoms with E-state index >= 15 is 0 Å². The topological polar surface area (TPSA) is 102 Å². The van der Waals surface area contributed by atoms with Crippen LogP contribution in [0.2, 0.25) is 0 Å². The molecule has 24 heavy (non-hydrogen) atoms. The summed E-state index contributed by atoms with van der Waals surface area (Å²) < 4.78 is 37.8. The number of hydrogen-bond donors (Lipinski definition) is 4. The molecule has 0 saturated heterocycles. The summed E-state index contributed by atoms with van der Waals surface area (Å²) in [4.78, 5) is 11.8. The number of rotatable bonds is 3. The van der Waals surface area contributed by atoms with Gasteiger partial charge >= 0.3 is 6.18 Å². The Kier molecular flexibility index (Phi) is 4.63. The fourth-order valence-electron chi connectivity index (χ4n) is 1.75. The molecule has 2 aromatic rings. The van der Waals surface area contributed by atoms with Crippen LogP contribution in [0.25, 0.3) is 0 Å². The van der Waals surface area contributed by atoms with Gasteiger partial charge in [-0.1, -0.05) is 6.07 Å². The van der Waals surface area contributed by atoms with Crippen LogP contribution in [0.15, 0.2) is 41.5 Å². The van der Waals surface area contributed by atoms with Crippen molar-refractivity contribution in [1.29, 1.82) is 0 Å². The van der Waals surface area contributed by atoms with Crippen molar-refractivity contribution in [2.45, 2.75) is 6.18 Å². The van der Waals surface area contributed by atoms with Crippen LogP contribution in [0.3, 0.4) is 0 Å². The zero-order valence-electron chi connectivity index (χ0n) is 11.9. The van der Waals surface area contributed by atoms with Crippen LogP contribution in [0.4, 0.5) is 13.2 Å². The molecule has 0 radical (unpaired) electrons. The molecule has 4 N–H and O–H groups in total. The van der Waals surface area contributed by atoms with Gasteiger partial charge in [0.05, 0.1) is 11.8 Å². The predicted octanol–water partition coefficient (Wildman–Crippen LogP) is 2.59. The molecule has 0 atom stereocenters. The maximum Gasteiger partial charge on any atom is 0.416 e. The normalized spacial score (nSPS) is 11.6. The SMILES string of the molecule is O=C(N/N=C/c1ccc(O)c(O)c1O)c1cccc(C(F)(F)F)c1. The Morgan fingerprint density at radius 2 is 1.79 bits per heavy atom. The van der Waals surface area contributed by atoms with E-state index in [0.717, 1.165) is 24.4 Å². The molecule has 0 heterocycles. The van der Waals surface area contributed by atoms with Crippen LogP contribution in [-0.2, 0) is 6.18 Å². The number of alkyl halides is 3. The Morgan fingerprint density at radius 3 is 2.46 bits per heavy atom. The van der Waals surface area contributed by atoms with E-state index in [-0.39, 0.29) is 11.1 Å². The number of amides is 1. The van der Waals surface area contributed by atoms with Crippen LogP contribution < -0.4 is 5.43 Å². The van der Waals surface area contributed by atoms with E-state index in [9.17, 15) is 28.2 Å². The summed E-state index contributed by atoms with van der Waals surface area (Å²) in [6.07, 6.45) is -3.62. The average molecular weight is 340 g/mol. The van der Waals surface area contributed by atoms with Gasteiger partial charge in [0.1, 0.15) is 0 Å². The quantitative estimate of drug-likeness (QED) is 0.392. The Hall–Kier alpha value is -3.23. The fraction of sp³-hybridized carbons (Fsp3) is 0.0667. The summed E-state index contributed by atoms with van der Waals surface area (Å²) in [5.74, 6) is -2.85. The smallest absolute Gasteiger partial charge is 0.416 e. The predicted molar refractivity (Wildman–Crippen MR) is 77.9 cm³/mol. The Balaban J connectivity index is 2.13. The van der Waals surface area contributed by atoms with Gasteiger partial charge in [0.2, 0.25) is 5.75 Å². The molecular formula is C15H11F3N2O4. The molecule has 0 aliphatic heterocycles. The van der Waals surface area contributed by atoms with E-state index in [0.29, 0.717) is 6.07 Å². The highest BCUT2D eigenvalue weighted by atomic mass is 19.4. The highest BCUT2D eigenvalue weighted by Crippen LogP contribution is 2.36. The first-order chi connectivity index (χ1) is 11.2. The van der Waals surface area contributed by atoms with Crippen LogP contribution in [0, 0.1) is 0 Å². The number of carbonyl (C=O) groups excluding carboxylic acids is 1. The monoisotopic (exact) mass is 340 g/mol. The van der Waals surface area contributed by atoms with Gasteiger partial charge in [-0.25, -0.2) is 5.43 Å². The molecular weight excluding hydrogens is 329 g/mol. The first-order valence-corrected chi connectivity index (χ1v) is 6.44. The molecule has 2 aromatic carbocycles. The van der Waals surface area contributed by atoms with E-state index in [1.165, 1.54) is 12.1 Å². The van der Waals surface area contributed by atoms with Gasteiger partial charge in [-0.3, -0.25) is 4.79 Å². The van der Waals surface area contributed by atoms with E-state index < -0.39 is 34.9 Å². The molecule has 126 valence electrons. The number of nitrogens with zero attached hydrogens (tertiary/aromatic N) is 1. The average Bonchev–Trinajstić information content (AvgIpc) is 2.54. The maximum atomic E-state index is 12.6. The molecule has 2 rings (SSSR count). The Labute approximate surface area is 133 Å². The number of benzene rings is 2. The van der Waals surface area contributed by atoms with Crippen molar-refractivity contribution >= 4 is 12.1 Å². The van der Waals surface area contributed by atoms with Crippen LogP contribution in [-0.4, -0.2) is 27.4 Å². The molecule has 0 aliphatic carbocycles. The fourth-order valence-corrected chi connectivity index (χ4v) is 1.75. The molecule has 0 spiro atoms. The highest BCUT2D eigenvalue weighted by Gasteiger charge is 2.30. The maximum absolute atomic E-state index is 12.6. The van der Waals surface area contributed by atoms with Crippen LogP contribution in [0.1, 0.15) is 21.5 Å². The van der Waals surface area contributed by atoms with E-state index in [1.54, 1.807) is 0 Å². The first kappa shape index (κ1) is 17.1. The lowest BCUT2D eigenvalue weighted by Gasteiger charge is -2.07. The first-order valence-electron chi connectivity index (χ1n) is 6.44. The summed E-state index contributed by atoms with van der Waals surface area (Å²) in [5, 5.41) is 31.5. The number of phenolic OH excluding ortho intramolecular Hbond substituents is 3. The minimum atomic E-state index is -4.57. The third-order valence-electron chi connectivity index (χ3n) is 2.98. The zero-order chi connectivity index (χ0) is 17.9. The van der Waals surface area contributed by atoms with E-state index in [1.807, 2.05) is 5.43 Å². The Morgan fingerprint density at radius 1 is 1.08 bits per heavy atom. The van der Waals surface area contributed by atoms with Crippen molar-refractivity contribution in [3.05, 3.63) is 53.1 Å². The molecule has 0 bridgehead atoms. The number of halogens is 3. The summed E-state index contributed by atoms with van der Waals surface area (Å²) >= 11 is 0. The molecule has 0 fully saturated rings. The number of aromatic hydroxyl groups is 3. The number of carbonyl (C=O) groups is 1. The van der Waals surface area contributed by atoms with E-state index in [4.69, 9.17) is 5.11 Å². The summed E-state index contributed by atoms with van der Waals surface area (Å²) in [6.45, 7) is 0. The number of nitrogens with one attached hydrogen (secondary N) is 1. The van der Waals surface area contributed by atoms with Gasteiger partial charge < -0.3 is 15.3 Å². The molecule has 0 aliphatic rings. The third-order valence-corrected chi connectivity index (χ3v) is 2.98. The van der Waals surface area contributed by atoms with Crippen LogP contribution >= 0.6 is 0 Å². The minimum Gasteiger partial charge on any atom is -0.504 e. The van der Waals surface area contributed by atoms with Gasteiger partial charge in [-0.15, -0.1) is 0 Å². The molecule has 6 nitrogen and oxygen atoms in total. The summed E-state index contributed by atoms with van der Waals surface area (Å²) in [7, 11) is 0. The Bertz CT molecular complexity index is 804. The van der Waals surface area contributed by atoms with Crippen molar-refractivity contribution in [2.24, 2.45) is 5.10 Å². The molecule has 0 aromatic heterocycles. The minimum absolute atomic E-state index is 0.0188. The number of hydrazone groups is 1. The largest absolute Gasteiger partial charge is 0.504 e. The third kappa shape index (κ3) is 3.75. The van der Waals surface area contributed by atoms with Crippen molar-refractivity contribution < 1.29 is 33.3 Å². The number of hydrogen-bond acceptors (Lipinski definition) is 5. The standard InChI is InChI=1S/C15H11F3N2O4/c16-15(17,18)10-3-1-2-8(6-10)14(24)20-19-7-9-4-5-11(21)13(23)12(9)22/h1-7,21-23H,(H,20,24)/b19-7+. The lowest BCUT2D eigenvalue weighted by Crippen LogP contribution is -2.18. The lowest BCUT2D eigenvalue weighted by molar-refractivity contribution is -0.137. The highest BCUT2D eigenvalue weighted by molar-refractivity contribution is 5.95. The summed E-state index contributed by atoms with van der Waals surface area (Å²) in [6, 6.07) is 6.08. The molecule has 1 amide bonds.